The fraction of sp³-hybridized carbons (Fsp3) is 0.857. The van der Waals surface area contributed by atoms with Gasteiger partial charge in [0.2, 0.25) is 5.67 Å². The number of esters is 1. The third-order valence-electron chi connectivity index (χ3n) is 1.95. The molecule has 0 aromatic carbocycles. The van der Waals surface area contributed by atoms with Gasteiger partial charge >= 0.3 is 5.97 Å². The Morgan fingerprint density at radius 3 is 2.42 bits per heavy atom. The van der Waals surface area contributed by atoms with Crippen LogP contribution in [-0.4, -0.2) is 31.8 Å². The molecule has 0 radical (unpaired) electrons. The van der Waals surface area contributed by atoms with Crippen LogP contribution in [0.4, 0.5) is 4.39 Å². The Bertz CT molecular complexity index is 159. The van der Waals surface area contributed by atoms with Crippen molar-refractivity contribution in [2.45, 2.75) is 18.5 Å². The Hall–Kier alpha value is -0.350. The van der Waals surface area contributed by atoms with Crippen LogP contribution in [0.2, 0.25) is 0 Å². The number of rotatable bonds is 1. The van der Waals surface area contributed by atoms with Crippen LogP contribution in [0.1, 0.15) is 12.8 Å². The third-order valence-corrected chi connectivity index (χ3v) is 1.95. The first-order chi connectivity index (χ1) is 5.19. The molecule has 3 nitrogen and oxygen atoms in total. The molecule has 0 aromatic heterocycles. The van der Waals surface area contributed by atoms with Crippen molar-refractivity contribution in [1.29, 1.82) is 0 Å². The molecule has 0 aromatic rings. The van der Waals surface area contributed by atoms with Gasteiger partial charge in [-0.2, -0.15) is 0 Å². The Morgan fingerprint density at radius 2 is 2.00 bits per heavy atom. The average molecular weight is 198 g/mol. The number of hydrogen-bond acceptors (Lipinski definition) is 3. The number of methoxy groups -OCH3 is 1. The molecule has 0 aliphatic carbocycles. The van der Waals surface area contributed by atoms with Gasteiger partial charge in [-0.25, -0.2) is 9.18 Å². The summed E-state index contributed by atoms with van der Waals surface area (Å²) in [6, 6.07) is 0. The van der Waals surface area contributed by atoms with E-state index in [0.717, 1.165) is 0 Å². The Kier molecular flexibility index (Phi) is 4.49. The number of nitrogens with one attached hydrogen (secondary N) is 1. The zero-order valence-electron chi connectivity index (χ0n) is 6.93. The van der Waals surface area contributed by atoms with E-state index in [0.29, 0.717) is 13.1 Å². The summed E-state index contributed by atoms with van der Waals surface area (Å²) in [5.41, 5.74) is -1.74. The summed E-state index contributed by atoms with van der Waals surface area (Å²) in [5.74, 6) is -0.737. The third kappa shape index (κ3) is 2.32. The summed E-state index contributed by atoms with van der Waals surface area (Å²) < 4.78 is 17.8. The largest absolute Gasteiger partial charge is 0.467 e. The topological polar surface area (TPSA) is 38.3 Å². The Morgan fingerprint density at radius 1 is 1.50 bits per heavy atom. The van der Waals surface area contributed by atoms with Crippen molar-refractivity contribution in [2.75, 3.05) is 20.2 Å². The summed E-state index contributed by atoms with van der Waals surface area (Å²) >= 11 is 0. The molecule has 5 heteroatoms. The van der Waals surface area contributed by atoms with Crippen molar-refractivity contribution in [3.63, 3.8) is 0 Å². The minimum Gasteiger partial charge on any atom is -0.467 e. The van der Waals surface area contributed by atoms with E-state index in [1.807, 2.05) is 0 Å². The van der Waals surface area contributed by atoms with E-state index >= 15 is 0 Å². The molecule has 0 atom stereocenters. The number of piperidine rings is 1. The fourth-order valence-corrected chi connectivity index (χ4v) is 1.21. The van der Waals surface area contributed by atoms with Gasteiger partial charge in [0.05, 0.1) is 7.11 Å². The van der Waals surface area contributed by atoms with Crippen LogP contribution in [0.5, 0.6) is 0 Å². The number of carbonyl (C=O) groups excluding carboxylic acids is 1. The molecular weight excluding hydrogens is 185 g/mol. The van der Waals surface area contributed by atoms with Gasteiger partial charge in [-0.05, 0) is 13.1 Å². The minimum atomic E-state index is -1.74. The molecule has 1 saturated heterocycles. The van der Waals surface area contributed by atoms with Crippen LogP contribution >= 0.6 is 12.4 Å². The predicted octanol–water partition coefficient (Wildman–Crippen LogP) is 0.673. The first-order valence-corrected chi connectivity index (χ1v) is 3.67. The maximum absolute atomic E-state index is 13.5. The molecular formula is C7H13ClFNO2. The van der Waals surface area contributed by atoms with E-state index in [9.17, 15) is 9.18 Å². The molecule has 12 heavy (non-hydrogen) atoms. The van der Waals surface area contributed by atoms with Gasteiger partial charge in [0.15, 0.2) is 0 Å². The van der Waals surface area contributed by atoms with Gasteiger partial charge in [0.25, 0.3) is 0 Å². The maximum atomic E-state index is 13.5. The zero-order chi connectivity index (χ0) is 8.32. The quantitative estimate of drug-likeness (QED) is 0.628. The highest BCUT2D eigenvalue weighted by Crippen LogP contribution is 2.24. The number of carbonyl (C=O) groups is 1. The first-order valence-electron chi connectivity index (χ1n) is 3.67. The summed E-state index contributed by atoms with van der Waals surface area (Å²) in [4.78, 5) is 10.9. The standard InChI is InChI=1S/C7H12FNO2.ClH/c1-11-6(10)7(8)2-4-9-5-3-7;/h9H,2-5H2,1H3;1H. The maximum Gasteiger partial charge on any atom is 0.343 e. The molecule has 72 valence electrons. The van der Waals surface area contributed by atoms with Crippen molar-refractivity contribution in [1.82, 2.24) is 5.32 Å². The van der Waals surface area contributed by atoms with Crippen molar-refractivity contribution in [3.05, 3.63) is 0 Å². The number of halogens is 2. The highest BCUT2D eigenvalue weighted by atomic mass is 35.5. The molecule has 1 heterocycles. The van der Waals surface area contributed by atoms with Gasteiger partial charge < -0.3 is 10.1 Å². The second kappa shape index (κ2) is 4.62. The van der Waals surface area contributed by atoms with Crippen molar-refractivity contribution < 1.29 is 13.9 Å². The lowest BCUT2D eigenvalue weighted by Gasteiger charge is -2.26. The van der Waals surface area contributed by atoms with Crippen LogP contribution < -0.4 is 5.32 Å². The molecule has 0 saturated carbocycles. The van der Waals surface area contributed by atoms with E-state index in [1.54, 1.807) is 0 Å². The van der Waals surface area contributed by atoms with Gasteiger partial charge in [0.1, 0.15) is 0 Å². The van der Waals surface area contributed by atoms with Gasteiger partial charge in [-0.3, -0.25) is 0 Å². The van der Waals surface area contributed by atoms with E-state index in [-0.39, 0.29) is 25.2 Å². The lowest BCUT2D eigenvalue weighted by molar-refractivity contribution is -0.156. The van der Waals surface area contributed by atoms with Crippen LogP contribution in [0.15, 0.2) is 0 Å². The summed E-state index contributed by atoms with van der Waals surface area (Å²) in [7, 11) is 1.21. The molecule has 1 fully saturated rings. The fourth-order valence-electron chi connectivity index (χ4n) is 1.21. The highest BCUT2D eigenvalue weighted by molar-refractivity contribution is 5.85. The number of hydrogen-bond donors (Lipinski definition) is 1. The molecule has 1 N–H and O–H groups in total. The van der Waals surface area contributed by atoms with Gasteiger partial charge in [-0.15, -0.1) is 12.4 Å². The highest BCUT2D eigenvalue weighted by Gasteiger charge is 2.40. The normalized spacial score (nSPS) is 20.8. The van der Waals surface area contributed by atoms with Crippen molar-refractivity contribution in [3.8, 4) is 0 Å². The molecule has 1 aliphatic rings. The summed E-state index contributed by atoms with van der Waals surface area (Å²) in [6.45, 7) is 1.09. The van der Waals surface area contributed by atoms with Crippen molar-refractivity contribution in [2.24, 2.45) is 0 Å². The second-order valence-electron chi connectivity index (χ2n) is 2.71. The summed E-state index contributed by atoms with van der Waals surface area (Å²) in [6.07, 6.45) is 0.444. The van der Waals surface area contributed by atoms with E-state index in [2.05, 4.69) is 10.1 Å². The van der Waals surface area contributed by atoms with Crippen LogP contribution in [0.3, 0.4) is 0 Å². The molecule has 0 amide bonds. The van der Waals surface area contributed by atoms with Crippen molar-refractivity contribution >= 4 is 18.4 Å². The zero-order valence-corrected chi connectivity index (χ0v) is 7.75. The second-order valence-corrected chi connectivity index (χ2v) is 2.71. The number of ether oxygens (including phenoxy) is 1. The molecule has 1 rings (SSSR count). The summed E-state index contributed by atoms with van der Waals surface area (Å²) in [5, 5.41) is 2.97. The van der Waals surface area contributed by atoms with E-state index < -0.39 is 11.6 Å². The predicted molar refractivity (Wildman–Crippen MR) is 45.2 cm³/mol. The Labute approximate surface area is 77.1 Å². The molecule has 0 bridgehead atoms. The number of alkyl halides is 1. The lowest BCUT2D eigenvalue weighted by Crippen LogP contribution is -2.45. The van der Waals surface area contributed by atoms with Crippen LogP contribution in [-0.2, 0) is 9.53 Å². The minimum absolute atomic E-state index is 0. The van der Waals surface area contributed by atoms with Gasteiger partial charge in [-0.1, -0.05) is 0 Å². The molecule has 0 spiro atoms. The van der Waals surface area contributed by atoms with E-state index in [1.165, 1.54) is 7.11 Å². The average Bonchev–Trinajstić information content (AvgIpc) is 2.04. The lowest BCUT2D eigenvalue weighted by atomic mass is 9.95. The molecule has 1 aliphatic heterocycles. The molecule has 0 unspecified atom stereocenters. The van der Waals surface area contributed by atoms with Crippen LogP contribution in [0.25, 0.3) is 0 Å². The Balaban J connectivity index is 0.00000121. The monoisotopic (exact) mass is 197 g/mol. The van der Waals surface area contributed by atoms with Gasteiger partial charge in [0, 0.05) is 12.8 Å². The van der Waals surface area contributed by atoms with E-state index in [4.69, 9.17) is 0 Å². The smallest absolute Gasteiger partial charge is 0.343 e. The first kappa shape index (κ1) is 11.6. The van der Waals surface area contributed by atoms with Crippen LogP contribution in [0, 0.1) is 0 Å². The SMILES string of the molecule is COC(=O)C1(F)CCNCC1.Cl.